The highest BCUT2D eigenvalue weighted by Gasteiger charge is 2.46. The van der Waals surface area contributed by atoms with Crippen molar-refractivity contribution in [2.75, 3.05) is 4.90 Å². The topological polar surface area (TPSA) is 124 Å². The molecule has 156 valence electrons. The number of fused-ring (bicyclic) bond motifs is 2. The predicted octanol–water partition coefficient (Wildman–Crippen LogP) is 1.31. The summed E-state index contributed by atoms with van der Waals surface area (Å²) in [5.74, 6) is -3.20. The Balaban J connectivity index is 1.48. The molecule has 31 heavy (non-hydrogen) atoms. The summed E-state index contributed by atoms with van der Waals surface area (Å²) in [7, 11) is 0. The molecule has 0 spiro atoms. The molecule has 0 aliphatic carbocycles. The van der Waals surface area contributed by atoms with Gasteiger partial charge in [0.15, 0.2) is 0 Å². The van der Waals surface area contributed by atoms with Crippen LogP contribution in [-0.4, -0.2) is 45.6 Å². The Morgan fingerprint density at radius 2 is 1.77 bits per heavy atom. The van der Waals surface area contributed by atoms with Gasteiger partial charge in [-0.05, 0) is 41.8 Å². The standard InChI is InChI=1S/C22H17N3O6/c26-17-7-6-16(19(27)23-17)25-20(28)14-2-1-3-15(18(14)21(25)29)24-9-12-5-4-11(22(30)31)8-13(12)10-24/h1-5,8,16H,6-7,9-10H2,(H,30,31)(H,23,26,27). The molecule has 1 saturated heterocycles. The van der Waals surface area contributed by atoms with E-state index in [1.165, 1.54) is 0 Å². The maximum Gasteiger partial charge on any atom is 0.335 e. The molecule has 1 unspecified atom stereocenters. The van der Waals surface area contributed by atoms with Gasteiger partial charge in [-0.25, -0.2) is 4.79 Å². The monoisotopic (exact) mass is 419 g/mol. The lowest BCUT2D eigenvalue weighted by Gasteiger charge is -2.28. The van der Waals surface area contributed by atoms with Crippen LogP contribution in [0.15, 0.2) is 36.4 Å². The summed E-state index contributed by atoms with van der Waals surface area (Å²) in [6.45, 7) is 0.859. The first-order chi connectivity index (χ1) is 14.8. The third-order valence-electron chi connectivity index (χ3n) is 5.96. The van der Waals surface area contributed by atoms with E-state index in [0.29, 0.717) is 18.8 Å². The van der Waals surface area contributed by atoms with Gasteiger partial charge in [0.1, 0.15) is 6.04 Å². The molecule has 4 amide bonds. The van der Waals surface area contributed by atoms with Crippen molar-refractivity contribution in [2.45, 2.75) is 32.0 Å². The summed E-state index contributed by atoms with van der Waals surface area (Å²) in [6.07, 6.45) is 0.155. The molecule has 3 aliphatic rings. The van der Waals surface area contributed by atoms with Crippen LogP contribution in [0.3, 0.4) is 0 Å². The van der Waals surface area contributed by atoms with E-state index in [1.807, 2.05) is 4.90 Å². The van der Waals surface area contributed by atoms with Crippen LogP contribution in [0, 0.1) is 0 Å². The number of benzene rings is 2. The zero-order valence-electron chi connectivity index (χ0n) is 16.3. The number of carboxylic acid groups (broad SMARTS) is 1. The highest BCUT2D eigenvalue weighted by Crippen LogP contribution is 2.37. The number of aromatic carboxylic acids is 1. The van der Waals surface area contributed by atoms with Crippen LogP contribution in [-0.2, 0) is 22.7 Å². The number of rotatable bonds is 3. The number of hydrogen-bond acceptors (Lipinski definition) is 6. The van der Waals surface area contributed by atoms with Crippen LogP contribution in [0.25, 0.3) is 0 Å². The molecular weight excluding hydrogens is 402 g/mol. The van der Waals surface area contributed by atoms with Crippen molar-refractivity contribution >= 4 is 35.3 Å². The van der Waals surface area contributed by atoms with Gasteiger partial charge in [-0.15, -0.1) is 0 Å². The first-order valence-corrected chi connectivity index (χ1v) is 9.80. The van der Waals surface area contributed by atoms with Gasteiger partial charge in [0.25, 0.3) is 11.8 Å². The van der Waals surface area contributed by atoms with Gasteiger partial charge in [-0.3, -0.25) is 29.4 Å². The molecule has 9 nitrogen and oxygen atoms in total. The molecule has 2 N–H and O–H groups in total. The third-order valence-corrected chi connectivity index (χ3v) is 5.96. The second kappa shape index (κ2) is 6.76. The molecule has 0 bridgehead atoms. The Morgan fingerprint density at radius 3 is 2.52 bits per heavy atom. The number of hydrogen-bond donors (Lipinski definition) is 2. The van der Waals surface area contributed by atoms with Crippen LogP contribution in [0.4, 0.5) is 5.69 Å². The van der Waals surface area contributed by atoms with Crippen molar-refractivity contribution in [2.24, 2.45) is 0 Å². The van der Waals surface area contributed by atoms with Crippen LogP contribution in [0.5, 0.6) is 0 Å². The van der Waals surface area contributed by atoms with Crippen LogP contribution >= 0.6 is 0 Å². The largest absolute Gasteiger partial charge is 0.478 e. The van der Waals surface area contributed by atoms with E-state index in [0.717, 1.165) is 16.0 Å². The van der Waals surface area contributed by atoms with Gasteiger partial charge in [-0.1, -0.05) is 12.1 Å². The second-order valence-corrected chi connectivity index (χ2v) is 7.79. The maximum absolute atomic E-state index is 13.3. The average molecular weight is 419 g/mol. The van der Waals surface area contributed by atoms with E-state index in [9.17, 15) is 29.1 Å². The molecule has 0 aromatic heterocycles. The number of anilines is 1. The fraction of sp³-hybridized carbons (Fsp3) is 0.227. The van der Waals surface area contributed by atoms with Crippen LogP contribution in [0.2, 0.25) is 0 Å². The molecule has 1 atom stereocenters. The Morgan fingerprint density at radius 1 is 1.00 bits per heavy atom. The van der Waals surface area contributed by atoms with Crippen molar-refractivity contribution < 1.29 is 29.1 Å². The molecular formula is C22H17N3O6. The number of amides is 4. The predicted molar refractivity (Wildman–Crippen MR) is 106 cm³/mol. The summed E-state index contributed by atoms with van der Waals surface area (Å²) in [6, 6.07) is 8.86. The molecule has 5 rings (SSSR count). The SMILES string of the molecule is O=C1CCC(N2C(=O)c3cccc(N4Cc5ccc(C(=O)O)cc5C4)c3C2=O)C(=O)N1. The Kier molecular flexibility index (Phi) is 4.14. The van der Waals surface area contributed by atoms with Gasteiger partial charge >= 0.3 is 5.97 Å². The van der Waals surface area contributed by atoms with E-state index >= 15 is 0 Å². The van der Waals surface area contributed by atoms with Crippen LogP contribution < -0.4 is 10.2 Å². The highest BCUT2D eigenvalue weighted by atomic mass is 16.4. The number of piperidine rings is 1. The number of carboxylic acids is 1. The molecule has 9 heteroatoms. The molecule has 2 aromatic rings. The zero-order chi connectivity index (χ0) is 21.9. The Hall–Kier alpha value is -4.01. The first-order valence-electron chi connectivity index (χ1n) is 9.80. The van der Waals surface area contributed by atoms with Gasteiger partial charge in [0.2, 0.25) is 11.8 Å². The van der Waals surface area contributed by atoms with Crippen molar-refractivity contribution in [3.63, 3.8) is 0 Å². The van der Waals surface area contributed by atoms with Crippen molar-refractivity contribution in [1.29, 1.82) is 0 Å². The number of nitrogens with zero attached hydrogens (tertiary/aromatic N) is 2. The summed E-state index contributed by atoms with van der Waals surface area (Å²) in [5.41, 5.74) is 2.98. The molecule has 0 radical (unpaired) electrons. The zero-order valence-corrected chi connectivity index (χ0v) is 16.3. The minimum absolute atomic E-state index is 0.0595. The minimum atomic E-state index is -1.02. The van der Waals surface area contributed by atoms with E-state index in [4.69, 9.17) is 0 Å². The molecule has 0 saturated carbocycles. The number of nitrogens with one attached hydrogen (secondary N) is 1. The van der Waals surface area contributed by atoms with Crippen molar-refractivity contribution in [3.8, 4) is 0 Å². The fourth-order valence-corrected chi connectivity index (χ4v) is 4.46. The summed E-state index contributed by atoms with van der Waals surface area (Å²) < 4.78 is 0. The Labute approximate surface area is 176 Å². The lowest BCUT2D eigenvalue weighted by atomic mass is 10.0. The summed E-state index contributed by atoms with van der Waals surface area (Å²) in [5, 5.41) is 11.4. The van der Waals surface area contributed by atoms with Crippen LogP contribution in [0.1, 0.15) is 55.0 Å². The van der Waals surface area contributed by atoms with Crippen molar-refractivity contribution in [1.82, 2.24) is 10.2 Å². The normalized spacial score (nSPS) is 20.1. The van der Waals surface area contributed by atoms with E-state index < -0.39 is 35.6 Å². The highest BCUT2D eigenvalue weighted by molar-refractivity contribution is 6.25. The lowest BCUT2D eigenvalue weighted by Crippen LogP contribution is -2.54. The quantitative estimate of drug-likeness (QED) is 0.719. The molecule has 3 heterocycles. The van der Waals surface area contributed by atoms with E-state index in [1.54, 1.807) is 36.4 Å². The third kappa shape index (κ3) is 2.89. The summed E-state index contributed by atoms with van der Waals surface area (Å²) >= 11 is 0. The smallest absolute Gasteiger partial charge is 0.335 e. The van der Waals surface area contributed by atoms with E-state index in [2.05, 4.69) is 5.32 Å². The maximum atomic E-state index is 13.3. The minimum Gasteiger partial charge on any atom is -0.478 e. The second-order valence-electron chi connectivity index (χ2n) is 7.79. The number of carbonyl (C=O) groups excluding carboxylic acids is 4. The van der Waals surface area contributed by atoms with Gasteiger partial charge in [0.05, 0.1) is 22.4 Å². The molecule has 3 aliphatic heterocycles. The van der Waals surface area contributed by atoms with Crippen molar-refractivity contribution in [3.05, 3.63) is 64.2 Å². The summed E-state index contributed by atoms with van der Waals surface area (Å²) in [4.78, 5) is 64.1. The molecule has 2 aromatic carbocycles. The number of imide groups is 2. The van der Waals surface area contributed by atoms with E-state index in [-0.39, 0.29) is 29.5 Å². The van der Waals surface area contributed by atoms with Gasteiger partial charge < -0.3 is 10.0 Å². The fourth-order valence-electron chi connectivity index (χ4n) is 4.46. The number of carbonyl (C=O) groups is 5. The molecule has 1 fully saturated rings. The lowest BCUT2D eigenvalue weighted by molar-refractivity contribution is -0.136. The average Bonchev–Trinajstić information content (AvgIpc) is 3.27. The first kappa shape index (κ1) is 19.0. The Bertz CT molecular complexity index is 1200. The van der Waals surface area contributed by atoms with Gasteiger partial charge in [-0.2, -0.15) is 0 Å². The van der Waals surface area contributed by atoms with Gasteiger partial charge in [0, 0.05) is 19.5 Å².